The Morgan fingerprint density at radius 3 is 2.86 bits per heavy atom. The highest BCUT2D eigenvalue weighted by Crippen LogP contribution is 2.28. The highest BCUT2D eigenvalue weighted by molar-refractivity contribution is 14.0. The summed E-state index contributed by atoms with van der Waals surface area (Å²) in [6.45, 7) is 5.55. The van der Waals surface area contributed by atoms with E-state index in [2.05, 4.69) is 40.6 Å². The zero-order valence-corrected chi connectivity index (χ0v) is 16.2. The molecule has 1 aromatic rings. The van der Waals surface area contributed by atoms with Crippen LogP contribution in [0.1, 0.15) is 23.3 Å². The van der Waals surface area contributed by atoms with Crippen molar-refractivity contribution in [3.8, 4) is 0 Å². The summed E-state index contributed by atoms with van der Waals surface area (Å²) in [5, 5.41) is 5.53. The first kappa shape index (κ1) is 18.7. The molecule has 0 atom stereocenters. The van der Waals surface area contributed by atoms with Gasteiger partial charge in [-0.05, 0) is 42.7 Å². The minimum absolute atomic E-state index is 0. The number of nitrogens with zero attached hydrogens (tertiary/aromatic N) is 2. The van der Waals surface area contributed by atoms with Gasteiger partial charge in [-0.1, -0.05) is 0 Å². The van der Waals surface area contributed by atoms with Gasteiger partial charge in [-0.3, -0.25) is 4.99 Å². The van der Waals surface area contributed by atoms with Gasteiger partial charge in [0.05, 0.1) is 13.2 Å². The lowest BCUT2D eigenvalue weighted by Crippen LogP contribution is -2.40. The van der Waals surface area contributed by atoms with Gasteiger partial charge < -0.3 is 15.0 Å². The molecule has 0 aromatic carbocycles. The van der Waals surface area contributed by atoms with E-state index in [9.17, 15) is 0 Å². The Hall–Kier alpha value is -0.340. The lowest BCUT2D eigenvalue weighted by Gasteiger charge is -2.22. The van der Waals surface area contributed by atoms with Gasteiger partial charge in [0.2, 0.25) is 0 Å². The molecule has 6 heteroatoms. The third-order valence-corrected chi connectivity index (χ3v) is 4.59. The summed E-state index contributed by atoms with van der Waals surface area (Å²) < 4.78 is 5.67. The predicted octanol–water partition coefficient (Wildman–Crippen LogP) is 3.11. The Morgan fingerprint density at radius 2 is 2.29 bits per heavy atom. The summed E-state index contributed by atoms with van der Waals surface area (Å²) in [7, 11) is 3.88. The number of hydrogen-bond acceptors (Lipinski definition) is 3. The van der Waals surface area contributed by atoms with Gasteiger partial charge in [0.1, 0.15) is 0 Å². The minimum atomic E-state index is 0. The number of nitrogens with one attached hydrogen (secondary N) is 1. The first-order chi connectivity index (χ1) is 9.70. The van der Waals surface area contributed by atoms with Gasteiger partial charge in [-0.2, -0.15) is 0 Å². The van der Waals surface area contributed by atoms with E-state index in [-0.39, 0.29) is 24.0 Å². The number of ether oxygens (including phenoxy) is 1. The largest absolute Gasteiger partial charge is 0.379 e. The molecule has 0 unspecified atom stereocenters. The van der Waals surface area contributed by atoms with Crippen LogP contribution in [-0.4, -0.2) is 44.7 Å². The van der Waals surface area contributed by atoms with E-state index < -0.39 is 0 Å². The van der Waals surface area contributed by atoms with Crippen molar-refractivity contribution in [2.45, 2.75) is 26.3 Å². The van der Waals surface area contributed by atoms with Crippen molar-refractivity contribution >= 4 is 41.3 Å². The minimum Gasteiger partial charge on any atom is -0.379 e. The third kappa shape index (κ3) is 6.52. The van der Waals surface area contributed by atoms with Crippen molar-refractivity contribution in [3.63, 3.8) is 0 Å². The molecule has 1 N–H and O–H groups in total. The summed E-state index contributed by atoms with van der Waals surface area (Å²) in [6, 6.07) is 2.15. The van der Waals surface area contributed by atoms with Gasteiger partial charge >= 0.3 is 0 Å². The molecular weight excluding hydrogens is 397 g/mol. The molecule has 1 fully saturated rings. The van der Waals surface area contributed by atoms with Crippen LogP contribution in [0.5, 0.6) is 0 Å². The molecule has 1 heterocycles. The fraction of sp³-hybridized carbons (Fsp3) is 0.667. The van der Waals surface area contributed by atoms with Crippen molar-refractivity contribution in [2.24, 2.45) is 10.9 Å². The number of halogens is 1. The van der Waals surface area contributed by atoms with Crippen molar-refractivity contribution < 1.29 is 4.74 Å². The van der Waals surface area contributed by atoms with Gasteiger partial charge in [-0.15, -0.1) is 35.3 Å². The van der Waals surface area contributed by atoms with Gasteiger partial charge in [0.25, 0.3) is 0 Å². The topological polar surface area (TPSA) is 36.9 Å². The SMILES string of the molecule is CN=C(NCc1sccc1C)N(C)CCOCC1CC1.I. The zero-order chi connectivity index (χ0) is 14.4. The Balaban J connectivity index is 0.00000220. The molecule has 4 nitrogen and oxygen atoms in total. The predicted molar refractivity (Wildman–Crippen MR) is 101 cm³/mol. The number of guanidine groups is 1. The Kier molecular flexibility index (Phi) is 8.58. The summed E-state index contributed by atoms with van der Waals surface area (Å²) >= 11 is 1.78. The van der Waals surface area contributed by atoms with E-state index >= 15 is 0 Å². The second-order valence-corrected chi connectivity index (χ2v) is 6.37. The first-order valence-electron chi connectivity index (χ1n) is 7.23. The second kappa shape index (κ2) is 9.63. The van der Waals surface area contributed by atoms with Gasteiger partial charge in [0.15, 0.2) is 5.96 Å². The smallest absolute Gasteiger partial charge is 0.193 e. The maximum atomic E-state index is 5.67. The van der Waals surface area contributed by atoms with E-state index in [1.807, 2.05) is 7.05 Å². The number of thiophene rings is 1. The Bertz CT molecular complexity index is 446. The van der Waals surface area contributed by atoms with Crippen LogP contribution < -0.4 is 5.32 Å². The first-order valence-corrected chi connectivity index (χ1v) is 8.11. The average Bonchev–Trinajstić information content (AvgIpc) is 3.18. The summed E-state index contributed by atoms with van der Waals surface area (Å²) in [5.74, 6) is 1.76. The van der Waals surface area contributed by atoms with Crippen molar-refractivity contribution in [2.75, 3.05) is 33.9 Å². The maximum absolute atomic E-state index is 5.67. The molecule has 1 aliphatic rings. The number of rotatable bonds is 7. The number of aliphatic imine (C=N–C) groups is 1. The maximum Gasteiger partial charge on any atom is 0.193 e. The van der Waals surface area contributed by atoms with Crippen LogP contribution in [0.2, 0.25) is 0 Å². The number of hydrogen-bond donors (Lipinski definition) is 1. The van der Waals surface area contributed by atoms with Crippen LogP contribution in [0.15, 0.2) is 16.4 Å². The highest BCUT2D eigenvalue weighted by atomic mass is 127. The molecule has 0 saturated heterocycles. The quantitative estimate of drug-likeness (QED) is 0.317. The fourth-order valence-electron chi connectivity index (χ4n) is 1.97. The molecule has 0 radical (unpaired) electrons. The molecule has 1 aromatic heterocycles. The normalized spacial score (nSPS) is 14.7. The molecule has 0 spiro atoms. The number of likely N-dealkylation sites (N-methyl/N-ethyl adjacent to an activating group) is 1. The van der Waals surface area contributed by atoms with Crippen LogP contribution in [0.3, 0.4) is 0 Å². The zero-order valence-electron chi connectivity index (χ0n) is 13.1. The third-order valence-electron chi connectivity index (χ3n) is 3.57. The molecular formula is C15H26IN3OS. The standard InChI is InChI=1S/C15H25N3OS.HI/c1-12-6-9-20-14(12)10-17-15(16-2)18(3)7-8-19-11-13-4-5-13;/h6,9,13H,4-5,7-8,10-11H2,1-3H3,(H,16,17);1H. The summed E-state index contributed by atoms with van der Waals surface area (Å²) in [5.41, 5.74) is 1.34. The van der Waals surface area contributed by atoms with Crippen molar-refractivity contribution in [3.05, 3.63) is 21.9 Å². The van der Waals surface area contributed by atoms with E-state index in [1.54, 1.807) is 11.3 Å². The average molecular weight is 423 g/mol. The molecule has 2 rings (SSSR count). The van der Waals surface area contributed by atoms with Gasteiger partial charge in [-0.25, -0.2) is 0 Å². The monoisotopic (exact) mass is 423 g/mol. The molecule has 0 aliphatic heterocycles. The highest BCUT2D eigenvalue weighted by Gasteiger charge is 2.21. The van der Waals surface area contributed by atoms with E-state index in [4.69, 9.17) is 4.74 Å². The van der Waals surface area contributed by atoms with Crippen molar-refractivity contribution in [1.82, 2.24) is 10.2 Å². The fourth-order valence-corrected chi connectivity index (χ4v) is 2.82. The molecule has 0 bridgehead atoms. The second-order valence-electron chi connectivity index (χ2n) is 5.37. The molecule has 1 aliphatic carbocycles. The van der Waals surface area contributed by atoms with Crippen LogP contribution in [0, 0.1) is 12.8 Å². The van der Waals surface area contributed by atoms with E-state index in [1.165, 1.54) is 23.3 Å². The van der Waals surface area contributed by atoms with Crippen LogP contribution >= 0.6 is 35.3 Å². The number of aryl methyl sites for hydroxylation is 1. The summed E-state index contributed by atoms with van der Waals surface area (Å²) in [6.07, 6.45) is 2.69. The molecule has 1 saturated carbocycles. The summed E-state index contributed by atoms with van der Waals surface area (Å²) in [4.78, 5) is 7.81. The van der Waals surface area contributed by atoms with Crippen molar-refractivity contribution in [1.29, 1.82) is 0 Å². The van der Waals surface area contributed by atoms with Crippen LogP contribution in [-0.2, 0) is 11.3 Å². The Morgan fingerprint density at radius 1 is 1.52 bits per heavy atom. The lowest BCUT2D eigenvalue weighted by atomic mass is 10.3. The molecule has 0 amide bonds. The van der Waals surface area contributed by atoms with E-state index in [0.29, 0.717) is 0 Å². The molecule has 120 valence electrons. The Labute approximate surface area is 149 Å². The lowest BCUT2D eigenvalue weighted by molar-refractivity contribution is 0.115. The van der Waals surface area contributed by atoms with E-state index in [0.717, 1.165) is 38.2 Å². The van der Waals surface area contributed by atoms with Crippen LogP contribution in [0.4, 0.5) is 0 Å². The molecule has 21 heavy (non-hydrogen) atoms. The van der Waals surface area contributed by atoms with Gasteiger partial charge in [0, 0.05) is 32.1 Å². The van der Waals surface area contributed by atoms with Crippen LogP contribution in [0.25, 0.3) is 0 Å².